The largest absolute Gasteiger partial charge is 0.366 e. The molecule has 0 spiro atoms. The second-order valence-corrected chi connectivity index (χ2v) is 2.90. The number of amides is 1. The van der Waals surface area contributed by atoms with E-state index >= 15 is 0 Å². The molecule has 1 aromatic rings. The van der Waals surface area contributed by atoms with Crippen LogP contribution in [0.15, 0.2) is 18.2 Å². The van der Waals surface area contributed by atoms with Gasteiger partial charge in [0.05, 0.1) is 5.02 Å². The van der Waals surface area contributed by atoms with Crippen molar-refractivity contribution in [1.29, 1.82) is 0 Å². The highest BCUT2D eigenvalue weighted by Crippen LogP contribution is 2.21. The van der Waals surface area contributed by atoms with Gasteiger partial charge in [-0.1, -0.05) is 11.6 Å². The van der Waals surface area contributed by atoms with Crippen LogP contribution in [0.25, 0.3) is 6.08 Å². The average Bonchev–Trinajstić information content (AvgIpc) is 2.11. The highest BCUT2D eigenvalue weighted by atomic mass is 35.5. The van der Waals surface area contributed by atoms with E-state index in [1.54, 1.807) is 0 Å². The van der Waals surface area contributed by atoms with Crippen LogP contribution in [-0.2, 0) is 4.79 Å². The Balaban J connectivity index is 3.19. The summed E-state index contributed by atoms with van der Waals surface area (Å²) in [5.41, 5.74) is 4.40. The third kappa shape index (κ3) is 2.29. The normalized spacial score (nSPS) is 10.8. The molecule has 0 aromatic heterocycles. The van der Waals surface area contributed by atoms with Crippen molar-refractivity contribution in [2.24, 2.45) is 5.73 Å². The first-order valence-electron chi connectivity index (χ1n) is 3.63. The lowest BCUT2D eigenvalue weighted by Gasteiger charge is -2.00. The SMILES string of the molecule is NC(=O)/C=C/c1c(F)ccc(Cl)c1F. The Bertz CT molecular complexity index is 404. The fraction of sp³-hybridized carbons (Fsp3) is 0. The first-order chi connectivity index (χ1) is 6.52. The maximum absolute atomic E-state index is 13.1. The lowest BCUT2D eigenvalue weighted by atomic mass is 10.2. The predicted molar refractivity (Wildman–Crippen MR) is 49.6 cm³/mol. The topological polar surface area (TPSA) is 43.1 Å². The van der Waals surface area contributed by atoms with Crippen LogP contribution in [0.5, 0.6) is 0 Å². The van der Waals surface area contributed by atoms with Gasteiger partial charge >= 0.3 is 0 Å². The van der Waals surface area contributed by atoms with Crippen LogP contribution in [0.1, 0.15) is 5.56 Å². The van der Waals surface area contributed by atoms with Crippen LogP contribution in [0, 0.1) is 11.6 Å². The predicted octanol–water partition coefficient (Wildman–Crippen LogP) is 2.12. The Hall–Kier alpha value is -1.42. The van der Waals surface area contributed by atoms with Crippen molar-refractivity contribution < 1.29 is 13.6 Å². The summed E-state index contributed by atoms with van der Waals surface area (Å²) >= 11 is 5.41. The summed E-state index contributed by atoms with van der Waals surface area (Å²) in [6.07, 6.45) is 1.80. The highest BCUT2D eigenvalue weighted by Gasteiger charge is 2.09. The Kier molecular flexibility index (Phi) is 3.19. The minimum Gasteiger partial charge on any atom is -0.366 e. The van der Waals surface area contributed by atoms with Crippen LogP contribution >= 0.6 is 11.6 Å². The molecule has 0 aliphatic rings. The van der Waals surface area contributed by atoms with Gasteiger partial charge in [-0.2, -0.15) is 0 Å². The van der Waals surface area contributed by atoms with E-state index in [1.807, 2.05) is 0 Å². The monoisotopic (exact) mass is 217 g/mol. The number of halogens is 3. The van der Waals surface area contributed by atoms with E-state index in [1.165, 1.54) is 0 Å². The van der Waals surface area contributed by atoms with Gasteiger partial charge in [0.15, 0.2) is 5.82 Å². The Labute approximate surface area is 84.0 Å². The summed E-state index contributed by atoms with van der Waals surface area (Å²) in [5.74, 6) is -2.50. The molecule has 5 heteroatoms. The molecular formula is C9H6ClF2NO. The fourth-order valence-corrected chi connectivity index (χ4v) is 1.03. The zero-order valence-corrected chi connectivity index (χ0v) is 7.68. The van der Waals surface area contributed by atoms with Crippen molar-refractivity contribution in [3.05, 3.63) is 40.4 Å². The van der Waals surface area contributed by atoms with Crippen LogP contribution in [0.4, 0.5) is 8.78 Å². The second-order valence-electron chi connectivity index (χ2n) is 2.49. The molecule has 74 valence electrons. The van der Waals surface area contributed by atoms with Gasteiger partial charge in [0, 0.05) is 11.6 Å². The van der Waals surface area contributed by atoms with Gasteiger partial charge in [-0.3, -0.25) is 4.79 Å². The van der Waals surface area contributed by atoms with Crippen molar-refractivity contribution >= 4 is 23.6 Å². The van der Waals surface area contributed by atoms with Gasteiger partial charge in [-0.25, -0.2) is 8.78 Å². The maximum atomic E-state index is 13.1. The molecule has 0 fully saturated rings. The summed E-state index contributed by atoms with van der Waals surface area (Å²) in [5, 5.41) is -0.212. The van der Waals surface area contributed by atoms with Crippen molar-refractivity contribution in [2.45, 2.75) is 0 Å². The lowest BCUT2D eigenvalue weighted by Crippen LogP contribution is -2.05. The van der Waals surface area contributed by atoms with E-state index in [0.717, 1.165) is 24.3 Å². The number of carbonyl (C=O) groups excluding carboxylic acids is 1. The molecule has 0 radical (unpaired) electrons. The number of rotatable bonds is 2. The Morgan fingerprint density at radius 1 is 1.43 bits per heavy atom. The third-order valence-electron chi connectivity index (χ3n) is 1.49. The molecule has 0 atom stereocenters. The summed E-state index contributed by atoms with van der Waals surface area (Å²) in [6.45, 7) is 0. The molecule has 14 heavy (non-hydrogen) atoms. The van der Waals surface area contributed by atoms with Gasteiger partial charge in [0.25, 0.3) is 0 Å². The van der Waals surface area contributed by atoms with E-state index in [4.69, 9.17) is 17.3 Å². The lowest BCUT2D eigenvalue weighted by molar-refractivity contribution is -0.113. The summed E-state index contributed by atoms with van der Waals surface area (Å²) in [4.78, 5) is 10.3. The van der Waals surface area contributed by atoms with Crippen LogP contribution < -0.4 is 5.73 Å². The maximum Gasteiger partial charge on any atom is 0.241 e. The summed E-state index contributed by atoms with van der Waals surface area (Å²) in [7, 11) is 0. The number of hydrogen-bond donors (Lipinski definition) is 1. The van der Waals surface area contributed by atoms with Crippen LogP contribution in [0.3, 0.4) is 0 Å². The molecule has 2 N–H and O–H groups in total. The van der Waals surface area contributed by atoms with Crippen LogP contribution in [-0.4, -0.2) is 5.91 Å². The molecule has 0 aliphatic carbocycles. The van der Waals surface area contributed by atoms with E-state index in [2.05, 4.69) is 0 Å². The van der Waals surface area contributed by atoms with Gasteiger partial charge in [-0.05, 0) is 18.2 Å². The third-order valence-corrected chi connectivity index (χ3v) is 1.79. The van der Waals surface area contributed by atoms with Gasteiger partial charge in [0.2, 0.25) is 5.91 Å². The van der Waals surface area contributed by atoms with Crippen LogP contribution in [0.2, 0.25) is 5.02 Å². The Morgan fingerprint density at radius 3 is 2.64 bits per heavy atom. The van der Waals surface area contributed by atoms with Gasteiger partial charge in [-0.15, -0.1) is 0 Å². The number of primary amides is 1. The molecule has 0 bridgehead atoms. The molecule has 0 unspecified atom stereocenters. The quantitative estimate of drug-likeness (QED) is 0.599. The first-order valence-corrected chi connectivity index (χ1v) is 4.01. The van der Waals surface area contributed by atoms with E-state index < -0.39 is 17.5 Å². The zero-order chi connectivity index (χ0) is 10.7. The van der Waals surface area contributed by atoms with E-state index in [-0.39, 0.29) is 10.6 Å². The number of nitrogens with two attached hydrogens (primary N) is 1. The zero-order valence-electron chi connectivity index (χ0n) is 6.93. The molecule has 0 saturated carbocycles. The molecular weight excluding hydrogens is 212 g/mol. The van der Waals surface area contributed by atoms with E-state index in [9.17, 15) is 13.6 Å². The number of carbonyl (C=O) groups is 1. The van der Waals surface area contributed by atoms with Crippen molar-refractivity contribution in [3.8, 4) is 0 Å². The van der Waals surface area contributed by atoms with Crippen molar-refractivity contribution in [1.82, 2.24) is 0 Å². The van der Waals surface area contributed by atoms with Crippen molar-refractivity contribution in [2.75, 3.05) is 0 Å². The van der Waals surface area contributed by atoms with E-state index in [0.29, 0.717) is 0 Å². The molecule has 1 aromatic carbocycles. The highest BCUT2D eigenvalue weighted by molar-refractivity contribution is 6.30. The molecule has 0 saturated heterocycles. The Morgan fingerprint density at radius 2 is 2.07 bits per heavy atom. The molecule has 0 aliphatic heterocycles. The van der Waals surface area contributed by atoms with Crippen molar-refractivity contribution in [3.63, 3.8) is 0 Å². The van der Waals surface area contributed by atoms with Gasteiger partial charge < -0.3 is 5.73 Å². The molecule has 1 rings (SSSR count). The fourth-order valence-electron chi connectivity index (χ4n) is 0.861. The first kappa shape index (κ1) is 10.7. The smallest absolute Gasteiger partial charge is 0.241 e. The minimum atomic E-state index is -0.913. The minimum absolute atomic E-state index is 0.212. The average molecular weight is 218 g/mol. The standard InChI is InChI=1S/C9H6ClF2NO/c10-6-2-3-7(11)5(9(6)12)1-4-8(13)14/h1-4H,(H2,13,14)/b4-1+. The molecule has 0 heterocycles. The molecule has 1 amide bonds. The number of benzene rings is 1. The summed E-state index contributed by atoms with van der Waals surface area (Å²) < 4.78 is 26.1. The van der Waals surface area contributed by atoms with Gasteiger partial charge in [0.1, 0.15) is 5.82 Å². The molecule has 2 nitrogen and oxygen atoms in total. The summed E-state index contributed by atoms with van der Waals surface area (Å²) in [6, 6.07) is 2.10. The second kappa shape index (κ2) is 4.19. The number of hydrogen-bond acceptors (Lipinski definition) is 1.